The Bertz CT molecular complexity index is 266. The second kappa shape index (κ2) is 5.58. The van der Waals surface area contributed by atoms with Gasteiger partial charge in [-0.3, -0.25) is 4.79 Å². The molecule has 0 atom stereocenters. The van der Waals surface area contributed by atoms with E-state index in [1.54, 1.807) is 11.9 Å². The van der Waals surface area contributed by atoms with Crippen LogP contribution in [0.5, 0.6) is 0 Å². The largest absolute Gasteiger partial charge is 0.343 e. The van der Waals surface area contributed by atoms with Crippen molar-refractivity contribution in [2.24, 2.45) is 5.11 Å². The Kier molecular flexibility index (Phi) is 4.39. The maximum atomic E-state index is 11.5. The summed E-state index contributed by atoms with van der Waals surface area (Å²) in [4.78, 5) is 18.1. The molecule has 1 aliphatic rings. The van der Waals surface area contributed by atoms with Crippen LogP contribution in [0.1, 0.15) is 12.8 Å². The number of hydrogen-bond acceptors (Lipinski definition) is 3. The van der Waals surface area contributed by atoms with Crippen LogP contribution in [-0.2, 0) is 4.79 Å². The van der Waals surface area contributed by atoms with Crippen LogP contribution in [0.25, 0.3) is 10.4 Å². The van der Waals surface area contributed by atoms with Crippen molar-refractivity contribution in [3.63, 3.8) is 0 Å². The lowest BCUT2D eigenvalue weighted by molar-refractivity contribution is -0.131. The van der Waals surface area contributed by atoms with Gasteiger partial charge in [0, 0.05) is 18.0 Å². The Morgan fingerprint density at radius 1 is 1.60 bits per heavy atom. The topological polar surface area (TPSA) is 72.3 Å². The van der Waals surface area contributed by atoms with E-state index in [0.717, 1.165) is 25.9 Å². The summed E-state index contributed by atoms with van der Waals surface area (Å²) in [6, 6.07) is 0.294. The van der Waals surface area contributed by atoms with Crippen molar-refractivity contribution in [2.75, 3.05) is 33.7 Å². The quantitative estimate of drug-likeness (QED) is 0.394. The minimum atomic E-state index is -0.0950. The van der Waals surface area contributed by atoms with Gasteiger partial charge < -0.3 is 9.80 Å². The lowest BCUT2D eigenvalue weighted by Gasteiger charge is -2.34. The molecule has 0 unspecified atom stereocenters. The molecule has 1 heterocycles. The molecule has 0 N–H and O–H groups in total. The first-order valence-corrected chi connectivity index (χ1v) is 5.10. The van der Waals surface area contributed by atoms with Gasteiger partial charge in [0.1, 0.15) is 6.54 Å². The molecule has 1 fully saturated rings. The van der Waals surface area contributed by atoms with E-state index in [0.29, 0.717) is 6.04 Å². The fourth-order valence-electron chi connectivity index (χ4n) is 1.79. The minimum absolute atomic E-state index is 0.0701. The molecule has 0 bridgehead atoms. The number of likely N-dealkylation sites (tertiary alicyclic amines) is 1. The highest BCUT2D eigenvalue weighted by Crippen LogP contribution is 2.14. The summed E-state index contributed by atoms with van der Waals surface area (Å²) in [5, 5.41) is 3.28. The summed E-state index contributed by atoms with van der Waals surface area (Å²) in [6.07, 6.45) is 1.99. The van der Waals surface area contributed by atoms with Gasteiger partial charge in [-0.15, -0.1) is 0 Å². The fraction of sp³-hybridized carbons (Fsp3) is 0.889. The molecular weight excluding hydrogens is 194 g/mol. The van der Waals surface area contributed by atoms with Gasteiger partial charge in [0.2, 0.25) is 5.91 Å². The molecule has 0 radical (unpaired) electrons. The third-order valence-corrected chi connectivity index (χ3v) is 2.90. The second-order valence-corrected chi connectivity index (χ2v) is 3.93. The Balaban J connectivity index is 2.42. The van der Waals surface area contributed by atoms with Crippen molar-refractivity contribution in [1.29, 1.82) is 0 Å². The van der Waals surface area contributed by atoms with Gasteiger partial charge in [0.25, 0.3) is 0 Å². The molecule has 15 heavy (non-hydrogen) atoms. The fourth-order valence-corrected chi connectivity index (χ4v) is 1.79. The highest BCUT2D eigenvalue weighted by Gasteiger charge is 2.23. The summed E-state index contributed by atoms with van der Waals surface area (Å²) < 4.78 is 0. The number of nitrogens with zero attached hydrogens (tertiary/aromatic N) is 5. The summed E-state index contributed by atoms with van der Waals surface area (Å²) in [7, 11) is 3.86. The predicted octanol–water partition coefficient (Wildman–Crippen LogP) is 0.849. The Hall–Kier alpha value is -1.26. The summed E-state index contributed by atoms with van der Waals surface area (Å²) in [5.41, 5.74) is 8.12. The summed E-state index contributed by atoms with van der Waals surface area (Å²) in [5.74, 6) is -0.0950. The predicted molar refractivity (Wildman–Crippen MR) is 57.3 cm³/mol. The van der Waals surface area contributed by atoms with E-state index < -0.39 is 0 Å². The molecule has 0 aromatic rings. The molecule has 1 saturated heterocycles. The van der Waals surface area contributed by atoms with Gasteiger partial charge in [0.15, 0.2) is 0 Å². The van der Waals surface area contributed by atoms with E-state index in [1.807, 2.05) is 0 Å². The van der Waals surface area contributed by atoms with Crippen LogP contribution in [0.4, 0.5) is 0 Å². The molecule has 6 heteroatoms. The Labute approximate surface area is 89.5 Å². The number of piperidine rings is 1. The van der Waals surface area contributed by atoms with Crippen molar-refractivity contribution >= 4 is 5.91 Å². The van der Waals surface area contributed by atoms with Crippen LogP contribution >= 0.6 is 0 Å². The molecule has 1 amide bonds. The third kappa shape index (κ3) is 3.42. The average molecular weight is 211 g/mol. The van der Waals surface area contributed by atoms with E-state index >= 15 is 0 Å². The van der Waals surface area contributed by atoms with Gasteiger partial charge in [-0.25, -0.2) is 0 Å². The van der Waals surface area contributed by atoms with Gasteiger partial charge in [-0.05, 0) is 38.5 Å². The first-order valence-electron chi connectivity index (χ1n) is 5.10. The maximum Gasteiger partial charge on any atom is 0.228 e. The normalized spacial score (nSPS) is 18.3. The smallest absolute Gasteiger partial charge is 0.228 e. The van der Waals surface area contributed by atoms with E-state index in [9.17, 15) is 4.79 Å². The van der Waals surface area contributed by atoms with Crippen molar-refractivity contribution in [1.82, 2.24) is 9.80 Å². The number of carbonyl (C=O) groups is 1. The van der Waals surface area contributed by atoms with Crippen LogP contribution in [-0.4, -0.2) is 55.5 Å². The zero-order chi connectivity index (χ0) is 11.3. The molecule has 6 nitrogen and oxygen atoms in total. The van der Waals surface area contributed by atoms with Gasteiger partial charge in [0.05, 0.1) is 0 Å². The first-order chi connectivity index (χ1) is 7.15. The highest BCUT2D eigenvalue weighted by molar-refractivity contribution is 5.78. The lowest BCUT2D eigenvalue weighted by Crippen LogP contribution is -2.45. The number of rotatable bonds is 3. The van der Waals surface area contributed by atoms with Crippen LogP contribution in [0, 0.1) is 0 Å². The molecule has 84 valence electrons. The van der Waals surface area contributed by atoms with Crippen LogP contribution in [0.3, 0.4) is 0 Å². The molecule has 0 aliphatic carbocycles. The Morgan fingerprint density at radius 2 is 2.20 bits per heavy atom. The molecular formula is C9H17N5O. The molecule has 1 aliphatic heterocycles. The summed E-state index contributed by atoms with van der Waals surface area (Å²) in [6.45, 7) is 1.97. The average Bonchev–Trinajstić information content (AvgIpc) is 2.26. The number of amides is 1. The van der Waals surface area contributed by atoms with E-state index in [4.69, 9.17) is 5.53 Å². The SMILES string of the molecule is CN1CCC(N(C)C(=O)CN=[N+]=[N-])CC1. The first kappa shape index (κ1) is 11.8. The van der Waals surface area contributed by atoms with E-state index in [-0.39, 0.29) is 12.5 Å². The standard InChI is InChI=1S/C9H17N5O/c1-13-5-3-8(4-6-13)14(2)9(15)7-11-12-10/h8H,3-7H2,1-2H3. The zero-order valence-electron chi connectivity index (χ0n) is 9.26. The lowest BCUT2D eigenvalue weighted by atomic mass is 10.0. The third-order valence-electron chi connectivity index (χ3n) is 2.90. The van der Waals surface area contributed by atoms with Crippen molar-refractivity contribution < 1.29 is 4.79 Å². The Morgan fingerprint density at radius 3 is 2.73 bits per heavy atom. The van der Waals surface area contributed by atoms with E-state index in [2.05, 4.69) is 22.0 Å². The molecule has 1 rings (SSSR count). The van der Waals surface area contributed by atoms with Crippen molar-refractivity contribution in [3.8, 4) is 0 Å². The van der Waals surface area contributed by atoms with E-state index in [1.165, 1.54) is 0 Å². The van der Waals surface area contributed by atoms with Crippen molar-refractivity contribution in [3.05, 3.63) is 10.4 Å². The van der Waals surface area contributed by atoms with Crippen molar-refractivity contribution in [2.45, 2.75) is 18.9 Å². The molecule has 0 aromatic carbocycles. The molecule has 0 spiro atoms. The van der Waals surface area contributed by atoms with Gasteiger partial charge >= 0.3 is 0 Å². The number of carbonyl (C=O) groups excluding carboxylic acids is 1. The number of likely N-dealkylation sites (N-methyl/N-ethyl adjacent to an activating group) is 1. The van der Waals surface area contributed by atoms with Gasteiger partial charge in [-0.2, -0.15) is 0 Å². The van der Waals surface area contributed by atoms with Gasteiger partial charge in [-0.1, -0.05) is 5.11 Å². The van der Waals surface area contributed by atoms with Crippen LogP contribution < -0.4 is 0 Å². The monoisotopic (exact) mass is 211 g/mol. The number of azide groups is 1. The highest BCUT2D eigenvalue weighted by atomic mass is 16.2. The maximum absolute atomic E-state index is 11.5. The second-order valence-electron chi connectivity index (χ2n) is 3.93. The van der Waals surface area contributed by atoms with Crippen LogP contribution in [0.15, 0.2) is 5.11 Å². The number of hydrogen-bond donors (Lipinski definition) is 0. The molecule has 0 aromatic heterocycles. The minimum Gasteiger partial charge on any atom is -0.343 e. The van der Waals surface area contributed by atoms with Crippen LogP contribution in [0.2, 0.25) is 0 Å². The molecule has 0 saturated carbocycles. The summed E-state index contributed by atoms with van der Waals surface area (Å²) >= 11 is 0. The zero-order valence-corrected chi connectivity index (χ0v) is 9.26.